The fraction of sp³-hybridized carbons (Fsp3) is 0.222. The molecule has 0 radical (unpaired) electrons. The van der Waals surface area contributed by atoms with Crippen molar-refractivity contribution in [3.8, 4) is 5.75 Å². The quantitative estimate of drug-likeness (QED) is 0.874. The molecule has 0 saturated carbocycles. The van der Waals surface area contributed by atoms with Gasteiger partial charge >= 0.3 is 0 Å². The summed E-state index contributed by atoms with van der Waals surface area (Å²) in [4.78, 5) is 26.3. The molecule has 1 aliphatic heterocycles. The van der Waals surface area contributed by atoms with Crippen LogP contribution < -0.4 is 15.0 Å². The lowest BCUT2D eigenvalue weighted by Crippen LogP contribution is -2.28. The first-order valence-corrected chi connectivity index (χ1v) is 8.44. The van der Waals surface area contributed by atoms with Crippen LogP contribution in [-0.4, -0.2) is 25.5 Å². The first kappa shape index (κ1) is 17.6. The van der Waals surface area contributed by atoms with E-state index in [1.54, 1.807) is 49.6 Å². The van der Waals surface area contributed by atoms with E-state index in [1.165, 1.54) is 4.90 Å². The van der Waals surface area contributed by atoms with Crippen LogP contribution in [0.3, 0.4) is 0 Å². The van der Waals surface area contributed by atoms with Crippen LogP contribution in [0.2, 0.25) is 10.0 Å². The highest BCUT2D eigenvalue weighted by Crippen LogP contribution is 2.35. The Hall–Kier alpha value is -2.24. The van der Waals surface area contributed by atoms with E-state index in [0.717, 1.165) is 0 Å². The van der Waals surface area contributed by atoms with Crippen molar-refractivity contribution in [1.29, 1.82) is 0 Å². The number of carbonyl (C=O) groups is 2. The topological polar surface area (TPSA) is 58.6 Å². The number of anilines is 2. The molecule has 2 aromatic carbocycles. The maximum atomic E-state index is 12.5. The predicted molar refractivity (Wildman–Crippen MR) is 98.5 cm³/mol. The van der Waals surface area contributed by atoms with E-state index in [4.69, 9.17) is 27.9 Å². The molecule has 1 N–H and O–H groups in total. The number of carbonyl (C=O) groups excluding carboxylic acids is 2. The molecule has 1 fully saturated rings. The van der Waals surface area contributed by atoms with Crippen molar-refractivity contribution in [3.63, 3.8) is 0 Å². The summed E-state index contributed by atoms with van der Waals surface area (Å²) in [6.45, 7) is 0.265. The van der Waals surface area contributed by atoms with Crippen LogP contribution in [0.25, 0.3) is 0 Å². The van der Waals surface area contributed by atoms with Crippen LogP contribution in [0.15, 0.2) is 42.5 Å². The fourth-order valence-electron chi connectivity index (χ4n) is 2.74. The second-order valence-electron chi connectivity index (χ2n) is 5.70. The molecule has 0 unspecified atom stereocenters. The average Bonchev–Trinajstić information content (AvgIpc) is 3.00. The highest BCUT2D eigenvalue weighted by Gasteiger charge is 2.36. The predicted octanol–water partition coefficient (Wildman–Crippen LogP) is 3.99. The Balaban J connectivity index is 1.71. The zero-order valence-electron chi connectivity index (χ0n) is 13.5. The van der Waals surface area contributed by atoms with Crippen molar-refractivity contribution in [2.24, 2.45) is 5.92 Å². The molecule has 1 aliphatic rings. The van der Waals surface area contributed by atoms with Crippen LogP contribution >= 0.6 is 23.2 Å². The second-order valence-corrected chi connectivity index (χ2v) is 6.48. The van der Waals surface area contributed by atoms with Gasteiger partial charge in [0.2, 0.25) is 11.8 Å². The van der Waals surface area contributed by atoms with Gasteiger partial charge in [-0.2, -0.15) is 0 Å². The zero-order valence-corrected chi connectivity index (χ0v) is 15.0. The number of rotatable bonds is 4. The molecule has 1 saturated heterocycles. The summed E-state index contributed by atoms with van der Waals surface area (Å²) in [6, 6.07) is 12.1. The largest absolute Gasteiger partial charge is 0.497 e. The van der Waals surface area contributed by atoms with Crippen LogP contribution in [0, 0.1) is 5.92 Å². The Morgan fingerprint density at radius 1 is 1.20 bits per heavy atom. The molecule has 2 aromatic rings. The maximum absolute atomic E-state index is 12.5. The smallest absolute Gasteiger partial charge is 0.229 e. The van der Waals surface area contributed by atoms with E-state index in [0.29, 0.717) is 27.2 Å². The van der Waals surface area contributed by atoms with E-state index >= 15 is 0 Å². The van der Waals surface area contributed by atoms with Gasteiger partial charge in [-0.05, 0) is 36.4 Å². The zero-order chi connectivity index (χ0) is 18.0. The van der Waals surface area contributed by atoms with Crippen molar-refractivity contribution < 1.29 is 14.3 Å². The van der Waals surface area contributed by atoms with Crippen molar-refractivity contribution in [3.05, 3.63) is 52.5 Å². The number of benzene rings is 2. The SMILES string of the molecule is COc1ccc(NC(=O)[C@H]2CC(=O)N(c3cccc(Cl)c3Cl)C2)cc1. The molecule has 5 nitrogen and oxygen atoms in total. The average molecular weight is 379 g/mol. The van der Waals surface area contributed by atoms with E-state index < -0.39 is 5.92 Å². The fourth-order valence-corrected chi connectivity index (χ4v) is 3.13. The summed E-state index contributed by atoms with van der Waals surface area (Å²) in [5, 5.41) is 3.51. The van der Waals surface area contributed by atoms with E-state index in [2.05, 4.69) is 5.32 Å². The van der Waals surface area contributed by atoms with Crippen molar-refractivity contribution in [2.45, 2.75) is 6.42 Å². The maximum Gasteiger partial charge on any atom is 0.229 e. The minimum atomic E-state index is -0.454. The first-order chi connectivity index (χ1) is 12.0. The van der Waals surface area contributed by atoms with Crippen LogP contribution in [-0.2, 0) is 9.59 Å². The first-order valence-electron chi connectivity index (χ1n) is 7.69. The molecule has 0 aliphatic carbocycles. The molecule has 3 rings (SSSR count). The van der Waals surface area contributed by atoms with Gasteiger partial charge in [0.15, 0.2) is 0 Å². The minimum Gasteiger partial charge on any atom is -0.497 e. The Morgan fingerprint density at radius 3 is 2.60 bits per heavy atom. The summed E-state index contributed by atoms with van der Waals surface area (Å²) in [5.41, 5.74) is 1.18. The molecule has 130 valence electrons. The highest BCUT2D eigenvalue weighted by molar-refractivity contribution is 6.44. The molecule has 0 bridgehead atoms. The Morgan fingerprint density at radius 2 is 1.92 bits per heavy atom. The number of ether oxygens (including phenoxy) is 1. The minimum absolute atomic E-state index is 0.130. The van der Waals surface area contributed by atoms with Gasteiger partial charge in [0.25, 0.3) is 0 Å². The molecule has 1 atom stereocenters. The number of nitrogens with one attached hydrogen (secondary N) is 1. The Labute approximate surface area is 155 Å². The second kappa shape index (κ2) is 7.33. The summed E-state index contributed by atoms with van der Waals surface area (Å²) in [6.07, 6.45) is 0.130. The van der Waals surface area contributed by atoms with Gasteiger partial charge in [-0.15, -0.1) is 0 Å². The number of amides is 2. The lowest BCUT2D eigenvalue weighted by Gasteiger charge is -2.18. The van der Waals surface area contributed by atoms with Gasteiger partial charge in [0.05, 0.1) is 28.8 Å². The number of hydrogen-bond acceptors (Lipinski definition) is 3. The number of halogens is 2. The summed E-state index contributed by atoms with van der Waals surface area (Å²) in [5.74, 6) is -0.112. The van der Waals surface area contributed by atoms with Crippen LogP contribution in [0.4, 0.5) is 11.4 Å². The lowest BCUT2D eigenvalue weighted by atomic mass is 10.1. The standard InChI is InChI=1S/C18H16Cl2N2O3/c1-25-13-7-5-12(6-8-13)21-18(24)11-9-16(23)22(10-11)15-4-2-3-14(19)17(15)20/h2-8,11H,9-10H2,1H3,(H,21,24)/t11-/m0/s1. The van der Waals surface area contributed by atoms with Crippen LogP contribution in [0.1, 0.15) is 6.42 Å². The monoisotopic (exact) mass is 378 g/mol. The molecular formula is C18H16Cl2N2O3. The Kier molecular flexibility index (Phi) is 5.16. The number of nitrogens with zero attached hydrogens (tertiary/aromatic N) is 1. The van der Waals surface area contributed by atoms with E-state index in [-0.39, 0.29) is 24.8 Å². The molecule has 2 amide bonds. The van der Waals surface area contributed by atoms with Crippen molar-refractivity contribution in [1.82, 2.24) is 0 Å². The van der Waals surface area contributed by atoms with Crippen LogP contribution in [0.5, 0.6) is 5.75 Å². The van der Waals surface area contributed by atoms with Gasteiger partial charge < -0.3 is 15.0 Å². The Bertz CT molecular complexity index is 808. The van der Waals surface area contributed by atoms with E-state index in [9.17, 15) is 9.59 Å². The normalized spacial score (nSPS) is 16.8. The third-order valence-electron chi connectivity index (χ3n) is 4.08. The van der Waals surface area contributed by atoms with Gasteiger partial charge in [0.1, 0.15) is 5.75 Å². The number of methoxy groups -OCH3 is 1. The molecule has 25 heavy (non-hydrogen) atoms. The van der Waals surface area contributed by atoms with Crippen molar-refractivity contribution in [2.75, 3.05) is 23.9 Å². The highest BCUT2D eigenvalue weighted by atomic mass is 35.5. The van der Waals surface area contributed by atoms with Crippen molar-refractivity contribution >= 4 is 46.4 Å². The summed E-state index contributed by atoms with van der Waals surface area (Å²) < 4.78 is 5.08. The number of hydrogen-bond donors (Lipinski definition) is 1. The lowest BCUT2D eigenvalue weighted by molar-refractivity contribution is -0.122. The third kappa shape index (κ3) is 3.72. The van der Waals surface area contributed by atoms with Gasteiger partial charge in [0, 0.05) is 18.7 Å². The van der Waals surface area contributed by atoms with E-state index in [1.807, 2.05) is 0 Å². The molecule has 0 spiro atoms. The molecule has 0 aromatic heterocycles. The summed E-state index contributed by atoms with van der Waals surface area (Å²) >= 11 is 12.2. The molecule has 7 heteroatoms. The molecule has 1 heterocycles. The van der Waals surface area contributed by atoms with Gasteiger partial charge in [-0.3, -0.25) is 9.59 Å². The summed E-state index contributed by atoms with van der Waals surface area (Å²) in [7, 11) is 1.58. The van der Waals surface area contributed by atoms with Gasteiger partial charge in [-0.1, -0.05) is 29.3 Å². The van der Waals surface area contributed by atoms with Gasteiger partial charge in [-0.25, -0.2) is 0 Å². The third-order valence-corrected chi connectivity index (χ3v) is 4.88. The molecular weight excluding hydrogens is 363 g/mol.